The first-order chi connectivity index (χ1) is 21.5. The molecule has 0 spiro atoms. The SMILES string of the molecule is COCCCOc1cccc(OCC[C@@H]2CNCCN2C(=O)c2ncn([C@@H]3CCCC[C@@]3(O)COC)c2-c2ccccc2)c1. The Labute approximate surface area is 260 Å². The van der Waals surface area contributed by atoms with Crippen molar-refractivity contribution in [1.82, 2.24) is 19.8 Å². The molecule has 1 saturated carbocycles. The number of nitrogens with one attached hydrogen (secondary N) is 1. The van der Waals surface area contributed by atoms with Gasteiger partial charge in [0.15, 0.2) is 5.69 Å². The Morgan fingerprint density at radius 3 is 2.59 bits per heavy atom. The highest BCUT2D eigenvalue weighted by Crippen LogP contribution is 2.41. The number of aliphatic hydroxyl groups is 1. The van der Waals surface area contributed by atoms with Gasteiger partial charge >= 0.3 is 0 Å². The van der Waals surface area contributed by atoms with Crippen LogP contribution in [0.3, 0.4) is 0 Å². The van der Waals surface area contributed by atoms with Crippen LogP contribution in [-0.4, -0.2) is 97.4 Å². The van der Waals surface area contributed by atoms with E-state index in [0.717, 1.165) is 48.4 Å². The molecule has 1 amide bonds. The number of carbonyl (C=O) groups is 1. The van der Waals surface area contributed by atoms with Crippen LogP contribution >= 0.6 is 0 Å². The lowest BCUT2D eigenvalue weighted by Crippen LogP contribution is -2.54. The lowest BCUT2D eigenvalue weighted by atomic mass is 9.80. The van der Waals surface area contributed by atoms with Crippen LogP contribution in [0.5, 0.6) is 11.5 Å². The first-order valence-corrected chi connectivity index (χ1v) is 15.7. The van der Waals surface area contributed by atoms with Gasteiger partial charge < -0.3 is 38.8 Å². The predicted octanol–water partition coefficient (Wildman–Crippen LogP) is 4.34. The second kappa shape index (κ2) is 15.5. The van der Waals surface area contributed by atoms with Gasteiger partial charge in [-0.05, 0) is 25.0 Å². The fourth-order valence-electron chi connectivity index (χ4n) is 6.44. The summed E-state index contributed by atoms with van der Waals surface area (Å²) in [4.78, 5) is 20.9. The summed E-state index contributed by atoms with van der Waals surface area (Å²) < 4.78 is 24.5. The van der Waals surface area contributed by atoms with E-state index in [0.29, 0.717) is 58.0 Å². The van der Waals surface area contributed by atoms with E-state index in [1.165, 1.54) is 0 Å². The highest BCUT2D eigenvalue weighted by Gasteiger charge is 2.42. The Balaban J connectivity index is 1.32. The zero-order chi connectivity index (χ0) is 30.8. The van der Waals surface area contributed by atoms with Gasteiger partial charge in [-0.15, -0.1) is 0 Å². The van der Waals surface area contributed by atoms with E-state index in [1.54, 1.807) is 20.5 Å². The van der Waals surface area contributed by atoms with Gasteiger partial charge in [0.1, 0.15) is 17.1 Å². The molecule has 238 valence electrons. The van der Waals surface area contributed by atoms with Gasteiger partial charge in [-0.25, -0.2) is 4.98 Å². The van der Waals surface area contributed by atoms with Gasteiger partial charge in [0.2, 0.25) is 0 Å². The normalized spacial score (nSPS) is 22.1. The zero-order valence-electron chi connectivity index (χ0n) is 26.0. The van der Waals surface area contributed by atoms with E-state index in [9.17, 15) is 9.90 Å². The fourth-order valence-corrected chi connectivity index (χ4v) is 6.44. The summed E-state index contributed by atoms with van der Waals surface area (Å²) in [7, 11) is 3.30. The molecular formula is C34H46N4O6. The second-order valence-corrected chi connectivity index (χ2v) is 11.7. The molecule has 2 N–H and O–H groups in total. The Morgan fingerprint density at radius 1 is 1.02 bits per heavy atom. The molecule has 10 nitrogen and oxygen atoms in total. The van der Waals surface area contributed by atoms with Crippen molar-refractivity contribution in [1.29, 1.82) is 0 Å². The molecule has 1 aromatic heterocycles. The van der Waals surface area contributed by atoms with Gasteiger partial charge in [0.05, 0.1) is 37.9 Å². The Bertz CT molecular complexity index is 1330. The maximum Gasteiger partial charge on any atom is 0.275 e. The molecular weight excluding hydrogens is 560 g/mol. The monoisotopic (exact) mass is 606 g/mol. The van der Waals surface area contributed by atoms with Gasteiger partial charge in [-0.1, -0.05) is 49.2 Å². The quantitative estimate of drug-likeness (QED) is 0.261. The third-order valence-corrected chi connectivity index (χ3v) is 8.63. The van der Waals surface area contributed by atoms with Crippen molar-refractivity contribution in [2.24, 2.45) is 0 Å². The smallest absolute Gasteiger partial charge is 0.275 e. The first-order valence-electron chi connectivity index (χ1n) is 15.7. The molecule has 2 heterocycles. The van der Waals surface area contributed by atoms with Crippen LogP contribution in [-0.2, 0) is 9.47 Å². The third kappa shape index (κ3) is 7.61. The molecule has 2 aliphatic rings. The van der Waals surface area contributed by atoms with Crippen molar-refractivity contribution in [3.05, 3.63) is 66.6 Å². The van der Waals surface area contributed by atoms with Crippen LogP contribution in [0.2, 0.25) is 0 Å². The second-order valence-electron chi connectivity index (χ2n) is 11.7. The lowest BCUT2D eigenvalue weighted by Gasteiger charge is -2.41. The van der Waals surface area contributed by atoms with Gasteiger partial charge in [0, 0.05) is 71.0 Å². The van der Waals surface area contributed by atoms with E-state index in [1.807, 2.05) is 64.1 Å². The summed E-state index contributed by atoms with van der Waals surface area (Å²) in [5.74, 6) is 1.39. The van der Waals surface area contributed by atoms with Crippen molar-refractivity contribution in [2.45, 2.75) is 56.2 Å². The number of nitrogens with zero attached hydrogens (tertiary/aromatic N) is 3. The average Bonchev–Trinajstić information content (AvgIpc) is 3.49. The minimum atomic E-state index is -1.03. The van der Waals surface area contributed by atoms with Gasteiger partial charge in [-0.3, -0.25) is 4.79 Å². The standard InChI is InChI=1S/C34H46N4O6/c1-41-19-9-20-43-28-12-8-13-29(22-28)44-21-15-27-23-35-17-18-37(27)33(39)31-32(26-10-4-3-5-11-26)38(25-36-31)30-14-6-7-16-34(30,40)24-42-2/h3-5,8,10-13,22,25,27,30,35,40H,6-7,9,14-21,23-24H2,1-2H3/t27-,30-,34-/m1/s1. The largest absolute Gasteiger partial charge is 0.493 e. The highest BCUT2D eigenvalue weighted by molar-refractivity contribution is 5.98. The predicted molar refractivity (Wildman–Crippen MR) is 168 cm³/mol. The Kier molecular flexibility index (Phi) is 11.3. The third-order valence-electron chi connectivity index (χ3n) is 8.63. The molecule has 3 atom stereocenters. The maximum absolute atomic E-state index is 14.3. The van der Waals surface area contributed by atoms with Crippen molar-refractivity contribution < 1.29 is 28.8 Å². The number of ether oxygens (including phenoxy) is 4. The van der Waals surface area contributed by atoms with E-state index in [4.69, 9.17) is 23.9 Å². The maximum atomic E-state index is 14.3. The van der Waals surface area contributed by atoms with Crippen molar-refractivity contribution in [3.63, 3.8) is 0 Å². The molecule has 2 fully saturated rings. The minimum absolute atomic E-state index is 0.0568. The number of hydrogen-bond donors (Lipinski definition) is 2. The molecule has 0 unspecified atom stereocenters. The molecule has 1 aliphatic heterocycles. The molecule has 1 aliphatic carbocycles. The van der Waals surface area contributed by atoms with Gasteiger partial charge in [-0.2, -0.15) is 0 Å². The topological polar surface area (TPSA) is 107 Å². The Hall–Kier alpha value is -3.44. The number of rotatable bonds is 14. The number of imidazole rings is 1. The summed E-state index contributed by atoms with van der Waals surface area (Å²) in [5, 5.41) is 15.1. The van der Waals surface area contributed by atoms with Crippen LogP contribution in [0, 0.1) is 0 Å². The summed E-state index contributed by atoms with van der Waals surface area (Å²) in [6, 6.07) is 17.2. The molecule has 5 rings (SSSR count). The van der Waals surface area contributed by atoms with Crippen LogP contribution in [0.25, 0.3) is 11.3 Å². The van der Waals surface area contributed by atoms with Crippen LogP contribution < -0.4 is 14.8 Å². The van der Waals surface area contributed by atoms with Crippen LogP contribution in [0.15, 0.2) is 60.9 Å². The molecule has 0 bridgehead atoms. The van der Waals surface area contributed by atoms with E-state index >= 15 is 0 Å². The van der Waals surface area contributed by atoms with E-state index in [2.05, 4.69) is 5.32 Å². The summed E-state index contributed by atoms with van der Waals surface area (Å²) in [5.41, 5.74) is 1.03. The number of hydrogen-bond acceptors (Lipinski definition) is 8. The molecule has 10 heteroatoms. The Morgan fingerprint density at radius 2 is 1.82 bits per heavy atom. The lowest BCUT2D eigenvalue weighted by molar-refractivity contribution is -0.0893. The van der Waals surface area contributed by atoms with Crippen LogP contribution in [0.1, 0.15) is 55.1 Å². The zero-order valence-corrected chi connectivity index (χ0v) is 26.0. The van der Waals surface area contributed by atoms with Crippen molar-refractivity contribution in [3.8, 4) is 22.8 Å². The first kappa shape index (κ1) is 32.0. The molecule has 44 heavy (non-hydrogen) atoms. The van der Waals surface area contributed by atoms with Gasteiger partial charge in [0.25, 0.3) is 5.91 Å². The summed E-state index contributed by atoms with van der Waals surface area (Å²) in [6.45, 7) is 3.89. The molecule has 2 aromatic carbocycles. The number of aromatic nitrogens is 2. The summed E-state index contributed by atoms with van der Waals surface area (Å²) in [6.07, 6.45) is 6.58. The number of benzene rings is 2. The highest BCUT2D eigenvalue weighted by atomic mass is 16.5. The number of piperazine rings is 1. The number of amides is 1. The minimum Gasteiger partial charge on any atom is -0.493 e. The fraction of sp³-hybridized carbons (Fsp3) is 0.529. The molecule has 1 saturated heterocycles. The summed E-state index contributed by atoms with van der Waals surface area (Å²) >= 11 is 0. The molecule has 0 radical (unpaired) electrons. The number of methoxy groups -OCH3 is 2. The van der Waals surface area contributed by atoms with E-state index in [-0.39, 0.29) is 24.6 Å². The molecule has 3 aromatic rings. The van der Waals surface area contributed by atoms with Crippen molar-refractivity contribution >= 4 is 5.91 Å². The number of carbonyl (C=O) groups excluding carboxylic acids is 1. The van der Waals surface area contributed by atoms with Crippen molar-refractivity contribution in [2.75, 3.05) is 60.3 Å². The van der Waals surface area contributed by atoms with E-state index < -0.39 is 5.60 Å². The average molecular weight is 607 g/mol. The van der Waals surface area contributed by atoms with Crippen LogP contribution in [0.4, 0.5) is 0 Å².